The molecule has 1 rings (SSSR count). The van der Waals surface area contributed by atoms with E-state index in [1.54, 1.807) is 13.1 Å². The van der Waals surface area contributed by atoms with Gasteiger partial charge >= 0.3 is 0 Å². The Morgan fingerprint density at radius 1 is 1.73 bits per heavy atom. The van der Waals surface area contributed by atoms with E-state index in [1.807, 2.05) is 0 Å². The first-order chi connectivity index (χ1) is 5.09. The molecular formula is C6H7BrF2N2. The summed E-state index contributed by atoms with van der Waals surface area (Å²) in [6, 6.07) is 0. The van der Waals surface area contributed by atoms with Crippen LogP contribution in [-0.4, -0.2) is 16.2 Å². The summed E-state index contributed by atoms with van der Waals surface area (Å²) in [6.07, 6.45) is -0.803. The average Bonchev–Trinajstić information content (AvgIpc) is 2.10. The molecule has 0 fully saturated rings. The lowest BCUT2D eigenvalue weighted by Gasteiger charge is -1.97. The topological polar surface area (TPSA) is 17.8 Å². The van der Waals surface area contributed by atoms with Gasteiger partial charge in [0.05, 0.1) is 10.2 Å². The fourth-order valence-electron chi connectivity index (χ4n) is 0.728. The normalized spacial score (nSPS) is 11.0. The molecular weight excluding hydrogens is 218 g/mol. The molecule has 1 aromatic heterocycles. The summed E-state index contributed by atoms with van der Waals surface area (Å²) in [5.74, 6) is 0. The highest BCUT2D eigenvalue weighted by Crippen LogP contribution is 2.13. The molecule has 62 valence electrons. The molecule has 0 amide bonds. The van der Waals surface area contributed by atoms with Crippen LogP contribution in [0.15, 0.2) is 10.7 Å². The van der Waals surface area contributed by atoms with E-state index in [0.717, 1.165) is 10.2 Å². The Balaban J connectivity index is 2.73. The van der Waals surface area contributed by atoms with Crippen molar-refractivity contribution < 1.29 is 8.78 Å². The summed E-state index contributed by atoms with van der Waals surface area (Å²) in [4.78, 5) is 0. The van der Waals surface area contributed by atoms with E-state index in [0.29, 0.717) is 0 Å². The Labute approximate surface area is 71.3 Å². The molecule has 0 bridgehead atoms. The molecule has 0 aromatic carbocycles. The Morgan fingerprint density at radius 2 is 2.36 bits per heavy atom. The molecule has 0 radical (unpaired) electrons. The van der Waals surface area contributed by atoms with Gasteiger partial charge in [0.25, 0.3) is 6.43 Å². The first-order valence-electron chi connectivity index (χ1n) is 3.07. The van der Waals surface area contributed by atoms with E-state index in [4.69, 9.17) is 0 Å². The zero-order chi connectivity index (χ0) is 8.43. The van der Waals surface area contributed by atoms with Crippen molar-refractivity contribution in [1.29, 1.82) is 0 Å². The van der Waals surface area contributed by atoms with Gasteiger partial charge in [-0.15, -0.1) is 0 Å². The molecule has 0 aliphatic rings. The molecule has 0 atom stereocenters. The van der Waals surface area contributed by atoms with Crippen LogP contribution < -0.4 is 0 Å². The number of halogens is 3. The van der Waals surface area contributed by atoms with Crippen LogP contribution in [0.2, 0.25) is 0 Å². The monoisotopic (exact) mass is 224 g/mol. The highest BCUT2D eigenvalue weighted by molar-refractivity contribution is 9.10. The van der Waals surface area contributed by atoms with E-state index >= 15 is 0 Å². The van der Waals surface area contributed by atoms with Gasteiger partial charge in [-0.3, -0.25) is 4.68 Å². The zero-order valence-corrected chi connectivity index (χ0v) is 7.48. The first kappa shape index (κ1) is 8.64. The summed E-state index contributed by atoms with van der Waals surface area (Å²) < 4.78 is 25.6. The summed E-state index contributed by atoms with van der Waals surface area (Å²) in [6.45, 7) is 1.42. The van der Waals surface area contributed by atoms with Crippen LogP contribution in [-0.2, 0) is 6.54 Å². The third kappa shape index (κ3) is 2.25. The van der Waals surface area contributed by atoms with Crippen LogP contribution in [0.25, 0.3) is 0 Å². The van der Waals surface area contributed by atoms with Crippen molar-refractivity contribution in [2.24, 2.45) is 0 Å². The first-order valence-corrected chi connectivity index (χ1v) is 3.86. The van der Waals surface area contributed by atoms with E-state index in [2.05, 4.69) is 21.0 Å². The van der Waals surface area contributed by atoms with Crippen molar-refractivity contribution >= 4 is 15.9 Å². The van der Waals surface area contributed by atoms with Gasteiger partial charge in [-0.05, 0) is 22.9 Å². The SMILES string of the molecule is Cc1nn(CC(F)F)cc1Br. The van der Waals surface area contributed by atoms with Crippen molar-refractivity contribution in [3.63, 3.8) is 0 Å². The zero-order valence-electron chi connectivity index (χ0n) is 5.89. The Kier molecular flexibility index (Phi) is 2.59. The molecule has 0 saturated carbocycles. The second-order valence-electron chi connectivity index (χ2n) is 2.18. The van der Waals surface area contributed by atoms with Gasteiger partial charge in [0.15, 0.2) is 0 Å². The third-order valence-electron chi connectivity index (χ3n) is 1.21. The summed E-state index contributed by atoms with van der Waals surface area (Å²) >= 11 is 3.18. The lowest BCUT2D eigenvalue weighted by atomic mass is 10.5. The molecule has 1 aromatic rings. The minimum atomic E-state index is -2.35. The third-order valence-corrected chi connectivity index (χ3v) is 1.99. The Morgan fingerprint density at radius 3 is 2.73 bits per heavy atom. The number of hydrogen-bond donors (Lipinski definition) is 0. The molecule has 0 spiro atoms. The number of rotatable bonds is 2. The number of aromatic nitrogens is 2. The minimum absolute atomic E-state index is 0.341. The Bertz CT molecular complexity index is 227. The van der Waals surface area contributed by atoms with Crippen LogP contribution in [0, 0.1) is 6.92 Å². The van der Waals surface area contributed by atoms with Crippen molar-refractivity contribution in [2.75, 3.05) is 0 Å². The summed E-state index contributed by atoms with van der Waals surface area (Å²) in [5.41, 5.74) is 0.727. The predicted molar refractivity (Wildman–Crippen MR) is 40.7 cm³/mol. The van der Waals surface area contributed by atoms with Crippen LogP contribution >= 0.6 is 15.9 Å². The maximum absolute atomic E-state index is 11.8. The van der Waals surface area contributed by atoms with Gasteiger partial charge < -0.3 is 0 Å². The fraction of sp³-hybridized carbons (Fsp3) is 0.500. The average molecular weight is 225 g/mol. The molecule has 0 N–H and O–H groups in total. The van der Waals surface area contributed by atoms with Gasteiger partial charge in [-0.2, -0.15) is 5.10 Å². The molecule has 0 unspecified atom stereocenters. The van der Waals surface area contributed by atoms with E-state index in [1.165, 1.54) is 4.68 Å². The highest BCUT2D eigenvalue weighted by atomic mass is 79.9. The van der Waals surface area contributed by atoms with Gasteiger partial charge in [0, 0.05) is 6.20 Å². The Hall–Kier alpha value is -0.450. The number of alkyl halides is 2. The minimum Gasteiger partial charge on any atom is -0.266 e. The van der Waals surface area contributed by atoms with Crippen LogP contribution in [0.1, 0.15) is 5.69 Å². The van der Waals surface area contributed by atoms with Crippen LogP contribution in [0.5, 0.6) is 0 Å². The molecule has 11 heavy (non-hydrogen) atoms. The molecule has 0 saturated heterocycles. The van der Waals surface area contributed by atoms with Gasteiger partial charge in [-0.1, -0.05) is 0 Å². The van der Waals surface area contributed by atoms with E-state index < -0.39 is 6.43 Å². The van der Waals surface area contributed by atoms with Crippen molar-refractivity contribution in [3.05, 3.63) is 16.4 Å². The van der Waals surface area contributed by atoms with Gasteiger partial charge in [-0.25, -0.2) is 8.78 Å². The molecule has 0 aliphatic carbocycles. The molecule has 2 nitrogen and oxygen atoms in total. The lowest BCUT2D eigenvalue weighted by molar-refractivity contribution is 0.121. The molecule has 1 heterocycles. The van der Waals surface area contributed by atoms with Gasteiger partial charge in [0.2, 0.25) is 0 Å². The number of aryl methyl sites for hydroxylation is 1. The van der Waals surface area contributed by atoms with E-state index in [9.17, 15) is 8.78 Å². The standard InChI is InChI=1S/C6H7BrF2N2/c1-4-5(7)2-11(10-4)3-6(8)9/h2,6H,3H2,1H3. The lowest BCUT2D eigenvalue weighted by Crippen LogP contribution is -2.06. The van der Waals surface area contributed by atoms with E-state index in [-0.39, 0.29) is 6.54 Å². The van der Waals surface area contributed by atoms with Crippen molar-refractivity contribution in [1.82, 2.24) is 9.78 Å². The molecule has 0 aliphatic heterocycles. The second kappa shape index (κ2) is 3.30. The highest BCUT2D eigenvalue weighted by Gasteiger charge is 2.06. The van der Waals surface area contributed by atoms with Crippen molar-refractivity contribution in [3.8, 4) is 0 Å². The quantitative estimate of drug-likeness (QED) is 0.754. The maximum atomic E-state index is 11.8. The summed E-state index contributed by atoms with van der Waals surface area (Å²) in [5, 5.41) is 3.84. The largest absolute Gasteiger partial charge is 0.266 e. The second-order valence-corrected chi connectivity index (χ2v) is 3.03. The maximum Gasteiger partial charge on any atom is 0.257 e. The molecule has 5 heteroatoms. The smallest absolute Gasteiger partial charge is 0.257 e. The predicted octanol–water partition coefficient (Wildman–Crippen LogP) is 2.22. The number of hydrogen-bond acceptors (Lipinski definition) is 1. The fourth-order valence-corrected chi connectivity index (χ4v) is 1.04. The van der Waals surface area contributed by atoms with Gasteiger partial charge in [0.1, 0.15) is 6.54 Å². The summed E-state index contributed by atoms with van der Waals surface area (Å²) in [7, 11) is 0. The van der Waals surface area contributed by atoms with Crippen molar-refractivity contribution in [2.45, 2.75) is 19.9 Å². The number of nitrogens with zero attached hydrogens (tertiary/aromatic N) is 2. The van der Waals surface area contributed by atoms with Crippen LogP contribution in [0.3, 0.4) is 0 Å². The van der Waals surface area contributed by atoms with Crippen LogP contribution in [0.4, 0.5) is 8.78 Å².